The average molecular weight is 479 g/mol. The summed E-state index contributed by atoms with van der Waals surface area (Å²) in [6.07, 6.45) is 2.28. The molecule has 2 aromatic carbocycles. The van der Waals surface area contributed by atoms with Crippen molar-refractivity contribution < 1.29 is 29.0 Å². The Hall–Kier alpha value is -4.18. The van der Waals surface area contributed by atoms with E-state index in [0.717, 1.165) is 22.3 Å². The van der Waals surface area contributed by atoms with Gasteiger partial charge in [-0.3, -0.25) is 19.6 Å². The van der Waals surface area contributed by atoms with Crippen molar-refractivity contribution in [2.45, 2.75) is 18.9 Å². The maximum atomic E-state index is 12.4. The lowest BCUT2D eigenvalue weighted by atomic mass is 9.98. The summed E-state index contributed by atoms with van der Waals surface area (Å²) in [6.45, 7) is 0.721. The molecule has 0 saturated carbocycles. The summed E-state index contributed by atoms with van der Waals surface area (Å²) < 4.78 is 12.0. The largest absolute Gasteiger partial charge is 0.481 e. The summed E-state index contributed by atoms with van der Waals surface area (Å²) >= 11 is 0. The van der Waals surface area contributed by atoms with Crippen LogP contribution in [0.15, 0.2) is 60.9 Å². The normalized spacial score (nSPS) is 12.0. The van der Waals surface area contributed by atoms with Gasteiger partial charge in [-0.1, -0.05) is 48.5 Å². The van der Waals surface area contributed by atoms with Gasteiger partial charge in [-0.15, -0.1) is 0 Å². The molecule has 3 N–H and O–H groups in total. The van der Waals surface area contributed by atoms with Gasteiger partial charge in [-0.05, 0) is 22.3 Å². The predicted molar refractivity (Wildman–Crippen MR) is 127 cm³/mol. The van der Waals surface area contributed by atoms with E-state index in [9.17, 15) is 14.4 Å². The van der Waals surface area contributed by atoms with E-state index in [0.29, 0.717) is 5.69 Å². The Bertz CT molecular complexity index is 1160. The third-order valence-electron chi connectivity index (χ3n) is 5.56. The van der Waals surface area contributed by atoms with Gasteiger partial charge in [0.1, 0.15) is 13.2 Å². The van der Waals surface area contributed by atoms with Gasteiger partial charge < -0.3 is 19.9 Å². The third-order valence-corrected chi connectivity index (χ3v) is 5.56. The lowest BCUT2D eigenvalue weighted by Crippen LogP contribution is -2.30. The van der Waals surface area contributed by atoms with Crippen LogP contribution in [0, 0.1) is 0 Å². The van der Waals surface area contributed by atoms with Crippen LogP contribution in [0.2, 0.25) is 0 Å². The van der Waals surface area contributed by atoms with Crippen LogP contribution in [0.3, 0.4) is 0 Å². The number of ether oxygens (including phenoxy) is 2. The first-order chi connectivity index (χ1) is 17.0. The number of nitrogens with zero attached hydrogens (tertiary/aromatic N) is 2. The molecule has 10 heteroatoms. The van der Waals surface area contributed by atoms with E-state index in [1.165, 1.54) is 17.1 Å². The van der Waals surface area contributed by atoms with Crippen LogP contribution >= 0.6 is 0 Å². The monoisotopic (exact) mass is 478 g/mol. The topological polar surface area (TPSA) is 132 Å². The Morgan fingerprint density at radius 1 is 1.00 bits per heavy atom. The summed E-state index contributed by atoms with van der Waals surface area (Å²) in [5.74, 6) is -1.26. The molecule has 1 aliphatic carbocycles. The second-order valence-electron chi connectivity index (χ2n) is 7.98. The first-order valence-electron chi connectivity index (χ1n) is 11.2. The minimum absolute atomic E-state index is 0.0346. The number of nitrogens with one attached hydrogen (secondary N) is 2. The summed E-state index contributed by atoms with van der Waals surface area (Å²) in [4.78, 5) is 34.8. The Morgan fingerprint density at radius 2 is 1.69 bits per heavy atom. The molecule has 182 valence electrons. The minimum atomic E-state index is -0.935. The Morgan fingerprint density at radius 3 is 2.37 bits per heavy atom. The summed E-state index contributed by atoms with van der Waals surface area (Å²) in [6, 6.07) is 16.2. The molecule has 0 radical (unpaired) electrons. The van der Waals surface area contributed by atoms with Gasteiger partial charge in [0.15, 0.2) is 0 Å². The molecule has 2 amide bonds. The van der Waals surface area contributed by atoms with Crippen LogP contribution < -0.4 is 10.6 Å². The zero-order chi connectivity index (χ0) is 24.6. The molecule has 35 heavy (non-hydrogen) atoms. The molecule has 3 aromatic rings. The van der Waals surface area contributed by atoms with Crippen LogP contribution in [0.4, 0.5) is 10.5 Å². The number of carbonyl (C=O) groups excluding carboxylic acids is 2. The van der Waals surface area contributed by atoms with Crippen molar-refractivity contribution in [1.29, 1.82) is 0 Å². The zero-order valence-electron chi connectivity index (χ0n) is 19.0. The molecule has 4 rings (SSSR count). The number of fused-ring (bicyclic) bond motifs is 3. The molecule has 0 unspecified atom stereocenters. The van der Waals surface area contributed by atoms with Crippen LogP contribution in [-0.2, 0) is 25.6 Å². The fourth-order valence-electron chi connectivity index (χ4n) is 3.99. The SMILES string of the molecule is O=C(O)CCOCCNC(=O)Cn1cc(NC(=O)OCC2c3ccccc3-c3ccccc32)cn1. The number of amides is 2. The Kier molecular flexibility index (Phi) is 7.74. The van der Waals surface area contributed by atoms with Crippen LogP contribution in [0.5, 0.6) is 0 Å². The van der Waals surface area contributed by atoms with E-state index in [-0.39, 0.29) is 51.2 Å². The van der Waals surface area contributed by atoms with E-state index >= 15 is 0 Å². The Labute approximate surface area is 201 Å². The van der Waals surface area contributed by atoms with E-state index in [2.05, 4.69) is 40.0 Å². The number of benzene rings is 2. The number of carboxylic acid groups (broad SMARTS) is 1. The summed E-state index contributed by atoms with van der Waals surface area (Å²) in [5.41, 5.74) is 4.99. The van der Waals surface area contributed by atoms with Crippen molar-refractivity contribution in [3.63, 3.8) is 0 Å². The van der Waals surface area contributed by atoms with Crippen molar-refractivity contribution in [1.82, 2.24) is 15.1 Å². The number of hydrogen-bond donors (Lipinski definition) is 3. The van der Waals surface area contributed by atoms with Crippen molar-refractivity contribution in [2.75, 3.05) is 31.7 Å². The Balaban J connectivity index is 1.22. The molecule has 10 nitrogen and oxygen atoms in total. The molecule has 1 aliphatic rings. The quantitative estimate of drug-likeness (QED) is 0.361. The number of anilines is 1. The average Bonchev–Trinajstić information content (AvgIpc) is 3.41. The van der Waals surface area contributed by atoms with E-state index in [1.54, 1.807) is 0 Å². The summed E-state index contributed by atoms with van der Waals surface area (Å²) in [7, 11) is 0. The van der Waals surface area contributed by atoms with Crippen molar-refractivity contribution in [3.8, 4) is 11.1 Å². The lowest BCUT2D eigenvalue weighted by Gasteiger charge is -2.14. The number of aliphatic carboxylic acids is 1. The highest BCUT2D eigenvalue weighted by Crippen LogP contribution is 2.44. The minimum Gasteiger partial charge on any atom is -0.481 e. The van der Waals surface area contributed by atoms with Crippen LogP contribution in [0.25, 0.3) is 11.1 Å². The first kappa shape index (κ1) is 24.0. The molecule has 1 heterocycles. The second kappa shape index (κ2) is 11.3. The van der Waals surface area contributed by atoms with Crippen LogP contribution in [-0.4, -0.2) is 59.2 Å². The number of carboxylic acids is 1. The second-order valence-corrected chi connectivity index (χ2v) is 7.98. The van der Waals surface area contributed by atoms with Gasteiger partial charge in [0.2, 0.25) is 5.91 Å². The lowest BCUT2D eigenvalue weighted by molar-refractivity contribution is -0.138. The van der Waals surface area contributed by atoms with Gasteiger partial charge in [-0.2, -0.15) is 5.10 Å². The van der Waals surface area contributed by atoms with E-state index in [4.69, 9.17) is 14.6 Å². The van der Waals surface area contributed by atoms with Crippen molar-refractivity contribution in [3.05, 3.63) is 72.1 Å². The number of carbonyl (C=O) groups is 3. The smallest absolute Gasteiger partial charge is 0.411 e. The molecular weight excluding hydrogens is 452 g/mol. The molecule has 0 atom stereocenters. The van der Waals surface area contributed by atoms with Crippen molar-refractivity contribution in [2.24, 2.45) is 0 Å². The maximum Gasteiger partial charge on any atom is 0.411 e. The van der Waals surface area contributed by atoms with Gasteiger partial charge in [0, 0.05) is 18.7 Å². The van der Waals surface area contributed by atoms with E-state index in [1.807, 2.05) is 24.3 Å². The molecule has 0 spiro atoms. The van der Waals surface area contributed by atoms with Gasteiger partial charge in [-0.25, -0.2) is 4.79 Å². The highest BCUT2D eigenvalue weighted by atomic mass is 16.5. The first-order valence-corrected chi connectivity index (χ1v) is 11.2. The van der Waals surface area contributed by atoms with Gasteiger partial charge >= 0.3 is 12.1 Å². The van der Waals surface area contributed by atoms with Crippen LogP contribution in [0.1, 0.15) is 23.5 Å². The highest BCUT2D eigenvalue weighted by Gasteiger charge is 2.29. The van der Waals surface area contributed by atoms with Gasteiger partial charge in [0.25, 0.3) is 0 Å². The fourth-order valence-corrected chi connectivity index (χ4v) is 3.99. The summed E-state index contributed by atoms with van der Waals surface area (Å²) in [5, 5.41) is 17.9. The zero-order valence-corrected chi connectivity index (χ0v) is 19.0. The molecular formula is C25H26N4O6. The van der Waals surface area contributed by atoms with E-state index < -0.39 is 12.1 Å². The predicted octanol–water partition coefficient (Wildman–Crippen LogP) is 2.85. The fraction of sp³-hybridized carbons (Fsp3) is 0.280. The molecule has 1 aromatic heterocycles. The number of hydrogen-bond acceptors (Lipinski definition) is 6. The molecule has 0 fully saturated rings. The van der Waals surface area contributed by atoms with Crippen molar-refractivity contribution >= 4 is 23.7 Å². The maximum absolute atomic E-state index is 12.4. The molecule has 0 bridgehead atoms. The number of rotatable bonds is 11. The number of aromatic nitrogens is 2. The molecule has 0 saturated heterocycles. The van der Waals surface area contributed by atoms with Gasteiger partial charge in [0.05, 0.1) is 31.5 Å². The third kappa shape index (κ3) is 6.24. The highest BCUT2D eigenvalue weighted by molar-refractivity contribution is 5.85. The standard InChI is InChI=1S/C25H26N4O6/c30-23(26-10-12-34-11-9-24(31)32)15-29-14-17(13-27-29)28-25(33)35-16-22-20-7-3-1-5-18(20)19-6-2-4-8-21(19)22/h1-8,13-14,22H,9-12,15-16H2,(H,26,30)(H,28,33)(H,31,32). The molecule has 0 aliphatic heterocycles.